The van der Waals surface area contributed by atoms with Gasteiger partial charge in [-0.05, 0) is 57.8 Å². The minimum absolute atomic E-state index is 0.144. The molecule has 1 heterocycles. The topological polar surface area (TPSA) is 152 Å². The molecule has 5 unspecified atom stereocenters. The van der Waals surface area contributed by atoms with E-state index in [1.54, 1.807) is 0 Å². The zero-order valence-corrected chi connectivity index (χ0v) is 33.3. The molecular formula is C43H76O10. The quantitative estimate of drug-likeness (QED) is 0.0287. The van der Waals surface area contributed by atoms with Crippen molar-refractivity contribution >= 4 is 11.9 Å². The Kier molecular flexibility index (Phi) is 31.8. The minimum Gasteiger partial charge on any atom is -0.462 e. The van der Waals surface area contributed by atoms with E-state index in [1.165, 1.54) is 77.0 Å². The summed E-state index contributed by atoms with van der Waals surface area (Å²) in [4.78, 5) is 25.2. The maximum atomic E-state index is 12.7. The van der Waals surface area contributed by atoms with Gasteiger partial charge in [0.15, 0.2) is 12.4 Å². The summed E-state index contributed by atoms with van der Waals surface area (Å²) >= 11 is 0. The van der Waals surface area contributed by atoms with Crippen LogP contribution in [0.1, 0.15) is 168 Å². The van der Waals surface area contributed by atoms with Crippen molar-refractivity contribution in [2.45, 2.75) is 205 Å². The highest BCUT2D eigenvalue weighted by Gasteiger charge is 2.44. The van der Waals surface area contributed by atoms with E-state index in [9.17, 15) is 30.0 Å². The standard InChI is InChI=1S/C43H76O10/c1-3-5-7-9-11-13-15-17-18-20-21-23-25-27-29-31-38(45)50-34-36(35-51-43-42(49)41(48)40(47)37(33-44)53-43)52-39(46)32-30-28-26-24-22-19-16-14-12-10-8-6-4-2/h11,13,17-18,26,28,36-37,40-44,47-49H,3-10,12,14-16,19-25,27,29-35H2,1-2H3/b13-11+,18-17+,28-26+/t36-,37?,40?,41?,42?,43?/m1/s1. The van der Waals surface area contributed by atoms with Crippen LogP contribution < -0.4 is 0 Å². The van der Waals surface area contributed by atoms with Crippen molar-refractivity contribution in [3.05, 3.63) is 36.5 Å². The van der Waals surface area contributed by atoms with E-state index in [0.717, 1.165) is 51.4 Å². The molecular weight excluding hydrogens is 676 g/mol. The Morgan fingerprint density at radius 3 is 1.70 bits per heavy atom. The van der Waals surface area contributed by atoms with E-state index in [4.69, 9.17) is 18.9 Å². The molecule has 1 fully saturated rings. The monoisotopic (exact) mass is 753 g/mol. The molecule has 0 aromatic carbocycles. The van der Waals surface area contributed by atoms with Crippen molar-refractivity contribution in [1.29, 1.82) is 0 Å². The van der Waals surface area contributed by atoms with Gasteiger partial charge in [-0.1, -0.05) is 134 Å². The van der Waals surface area contributed by atoms with Crippen LogP contribution in [0.25, 0.3) is 0 Å². The van der Waals surface area contributed by atoms with Gasteiger partial charge in [0, 0.05) is 12.8 Å². The molecule has 1 aliphatic rings. The first kappa shape index (κ1) is 48.9. The molecule has 1 rings (SSSR count). The average molecular weight is 753 g/mol. The largest absolute Gasteiger partial charge is 0.462 e. The van der Waals surface area contributed by atoms with Crippen LogP contribution in [0.5, 0.6) is 0 Å². The van der Waals surface area contributed by atoms with E-state index in [-0.39, 0.29) is 26.1 Å². The summed E-state index contributed by atoms with van der Waals surface area (Å²) in [5.41, 5.74) is 0. The lowest BCUT2D eigenvalue weighted by Gasteiger charge is -2.39. The molecule has 308 valence electrons. The molecule has 10 heteroatoms. The second-order valence-corrected chi connectivity index (χ2v) is 14.4. The van der Waals surface area contributed by atoms with Crippen molar-refractivity contribution in [1.82, 2.24) is 0 Å². The maximum Gasteiger partial charge on any atom is 0.306 e. The number of hydrogen-bond donors (Lipinski definition) is 4. The van der Waals surface area contributed by atoms with Crippen LogP contribution >= 0.6 is 0 Å². The number of esters is 2. The Hall–Kier alpha value is -2.08. The number of allylic oxidation sites excluding steroid dienone is 6. The Morgan fingerprint density at radius 2 is 1.09 bits per heavy atom. The predicted molar refractivity (Wildman–Crippen MR) is 210 cm³/mol. The van der Waals surface area contributed by atoms with E-state index in [0.29, 0.717) is 12.8 Å². The number of aliphatic hydroxyl groups is 4. The zero-order valence-electron chi connectivity index (χ0n) is 33.3. The Labute approximate surface area is 321 Å². The molecule has 4 N–H and O–H groups in total. The van der Waals surface area contributed by atoms with Gasteiger partial charge in [-0.3, -0.25) is 9.59 Å². The van der Waals surface area contributed by atoms with E-state index in [1.807, 2.05) is 6.08 Å². The Balaban J connectivity index is 2.39. The second-order valence-electron chi connectivity index (χ2n) is 14.4. The van der Waals surface area contributed by atoms with Gasteiger partial charge in [0.05, 0.1) is 13.2 Å². The molecule has 0 spiro atoms. The fraction of sp³-hybridized carbons (Fsp3) is 0.814. The second kappa shape index (κ2) is 34.4. The molecule has 0 amide bonds. The third-order valence-corrected chi connectivity index (χ3v) is 9.51. The third-order valence-electron chi connectivity index (χ3n) is 9.51. The summed E-state index contributed by atoms with van der Waals surface area (Å²) in [6, 6.07) is 0. The number of unbranched alkanes of at least 4 members (excludes halogenated alkanes) is 17. The van der Waals surface area contributed by atoms with Crippen LogP contribution in [0, 0.1) is 0 Å². The van der Waals surface area contributed by atoms with Crippen molar-refractivity contribution in [3.8, 4) is 0 Å². The van der Waals surface area contributed by atoms with Crippen LogP contribution in [0.15, 0.2) is 36.5 Å². The molecule has 0 aromatic rings. The molecule has 0 aromatic heterocycles. The predicted octanol–water partition coefficient (Wildman–Crippen LogP) is 8.33. The van der Waals surface area contributed by atoms with Gasteiger partial charge in [0.25, 0.3) is 0 Å². The first-order valence-electron chi connectivity index (χ1n) is 21.1. The van der Waals surface area contributed by atoms with Crippen molar-refractivity contribution in [2.75, 3.05) is 19.8 Å². The number of aliphatic hydroxyl groups excluding tert-OH is 4. The first-order valence-corrected chi connectivity index (χ1v) is 21.1. The van der Waals surface area contributed by atoms with E-state index < -0.39 is 55.4 Å². The summed E-state index contributed by atoms with van der Waals surface area (Å²) in [6.07, 6.45) is 30.2. The number of ether oxygens (including phenoxy) is 4. The molecule has 0 aliphatic carbocycles. The molecule has 1 saturated heterocycles. The number of rotatable bonds is 34. The molecule has 6 atom stereocenters. The highest BCUT2D eigenvalue weighted by Crippen LogP contribution is 2.22. The fourth-order valence-electron chi connectivity index (χ4n) is 6.12. The van der Waals surface area contributed by atoms with Crippen LogP contribution in [-0.4, -0.2) is 89.0 Å². The lowest BCUT2D eigenvalue weighted by atomic mass is 9.99. The van der Waals surface area contributed by atoms with Crippen LogP contribution in [0.3, 0.4) is 0 Å². The molecule has 0 bridgehead atoms. The Morgan fingerprint density at radius 1 is 0.585 bits per heavy atom. The molecule has 10 nitrogen and oxygen atoms in total. The van der Waals surface area contributed by atoms with Crippen LogP contribution in [0.2, 0.25) is 0 Å². The van der Waals surface area contributed by atoms with Gasteiger partial charge in [0.2, 0.25) is 0 Å². The first-order chi connectivity index (χ1) is 25.8. The number of carbonyl (C=O) groups is 2. The maximum absolute atomic E-state index is 12.7. The molecule has 1 aliphatic heterocycles. The number of hydrogen-bond acceptors (Lipinski definition) is 10. The highest BCUT2D eigenvalue weighted by atomic mass is 16.7. The summed E-state index contributed by atoms with van der Waals surface area (Å²) in [5.74, 6) is -0.881. The lowest BCUT2D eigenvalue weighted by molar-refractivity contribution is -0.305. The van der Waals surface area contributed by atoms with Gasteiger partial charge < -0.3 is 39.4 Å². The van der Waals surface area contributed by atoms with Crippen LogP contribution in [-0.2, 0) is 28.5 Å². The van der Waals surface area contributed by atoms with Gasteiger partial charge in [-0.2, -0.15) is 0 Å². The van der Waals surface area contributed by atoms with Crippen molar-refractivity contribution in [2.24, 2.45) is 0 Å². The average Bonchev–Trinajstić information content (AvgIpc) is 3.15. The zero-order chi connectivity index (χ0) is 38.8. The van der Waals surface area contributed by atoms with E-state index >= 15 is 0 Å². The molecule has 53 heavy (non-hydrogen) atoms. The summed E-state index contributed by atoms with van der Waals surface area (Å²) in [6.45, 7) is 3.33. The molecule has 0 radical (unpaired) electrons. The smallest absolute Gasteiger partial charge is 0.306 e. The lowest BCUT2D eigenvalue weighted by Crippen LogP contribution is -2.59. The van der Waals surface area contributed by atoms with Gasteiger partial charge in [-0.15, -0.1) is 0 Å². The minimum atomic E-state index is -1.60. The van der Waals surface area contributed by atoms with Crippen molar-refractivity contribution < 1.29 is 49.0 Å². The van der Waals surface area contributed by atoms with Gasteiger partial charge in [-0.25, -0.2) is 0 Å². The van der Waals surface area contributed by atoms with Crippen molar-refractivity contribution in [3.63, 3.8) is 0 Å². The molecule has 0 saturated carbocycles. The highest BCUT2D eigenvalue weighted by molar-refractivity contribution is 5.70. The van der Waals surface area contributed by atoms with E-state index in [2.05, 4.69) is 44.2 Å². The summed E-state index contributed by atoms with van der Waals surface area (Å²) in [5, 5.41) is 40.0. The normalized spacial score (nSPS) is 21.2. The SMILES string of the molecule is CCCCC/C=C/C/C=C/CCCCCCCC(=O)OC[C@H](COC1OC(CO)C(O)C(O)C1O)OC(=O)CC/C=C/CCCCCCCCCCC. The fourth-order valence-corrected chi connectivity index (χ4v) is 6.12. The summed E-state index contributed by atoms with van der Waals surface area (Å²) in [7, 11) is 0. The van der Waals surface area contributed by atoms with Crippen LogP contribution in [0.4, 0.5) is 0 Å². The number of carbonyl (C=O) groups excluding carboxylic acids is 2. The third kappa shape index (κ3) is 26.4. The Bertz CT molecular complexity index is 965. The summed E-state index contributed by atoms with van der Waals surface area (Å²) < 4.78 is 22.0. The van der Waals surface area contributed by atoms with Gasteiger partial charge >= 0.3 is 11.9 Å². The van der Waals surface area contributed by atoms with Gasteiger partial charge in [0.1, 0.15) is 31.0 Å².